The van der Waals surface area contributed by atoms with Crippen LogP contribution in [-0.2, 0) is 6.42 Å². The lowest BCUT2D eigenvalue weighted by Gasteiger charge is -2.23. The highest BCUT2D eigenvalue weighted by Crippen LogP contribution is 2.36. The number of hydrogen-bond acceptors (Lipinski definition) is 1. The Balaban J connectivity index is 1.84. The van der Waals surface area contributed by atoms with E-state index in [4.69, 9.17) is 4.98 Å². The van der Waals surface area contributed by atoms with Gasteiger partial charge in [0.05, 0.1) is 11.0 Å². The predicted molar refractivity (Wildman–Crippen MR) is 86.8 cm³/mol. The van der Waals surface area contributed by atoms with E-state index in [2.05, 4.69) is 55.2 Å². The molecule has 2 aromatic carbocycles. The minimum Gasteiger partial charge on any atom is -0.341 e. The van der Waals surface area contributed by atoms with Crippen molar-refractivity contribution in [3.05, 3.63) is 64.5 Å². The van der Waals surface area contributed by atoms with Crippen LogP contribution in [0.3, 0.4) is 0 Å². The van der Waals surface area contributed by atoms with Gasteiger partial charge in [0.25, 0.3) is 0 Å². The number of fused-ring (bicyclic) bond motifs is 2. The number of aromatic amines is 1. The van der Waals surface area contributed by atoms with Crippen molar-refractivity contribution in [2.75, 3.05) is 0 Å². The average Bonchev–Trinajstić information content (AvgIpc) is 2.90. The molecule has 0 bridgehead atoms. The maximum Gasteiger partial charge on any atom is 0.114 e. The van der Waals surface area contributed by atoms with Gasteiger partial charge in [-0.25, -0.2) is 4.98 Å². The summed E-state index contributed by atoms with van der Waals surface area (Å²) >= 11 is 0. The van der Waals surface area contributed by atoms with Gasteiger partial charge in [-0.1, -0.05) is 24.3 Å². The van der Waals surface area contributed by atoms with Gasteiger partial charge >= 0.3 is 0 Å². The third-order valence-electron chi connectivity index (χ3n) is 4.82. The molecular formula is C19H20N2. The first-order valence-electron chi connectivity index (χ1n) is 7.77. The van der Waals surface area contributed by atoms with Crippen LogP contribution in [0.15, 0.2) is 36.4 Å². The van der Waals surface area contributed by atoms with E-state index < -0.39 is 0 Å². The third-order valence-corrected chi connectivity index (χ3v) is 4.82. The highest BCUT2D eigenvalue weighted by Gasteiger charge is 2.24. The van der Waals surface area contributed by atoms with Crippen LogP contribution in [0.2, 0.25) is 0 Å². The molecule has 0 spiro atoms. The van der Waals surface area contributed by atoms with Crippen molar-refractivity contribution < 1.29 is 0 Å². The number of hydrogen-bond donors (Lipinski definition) is 1. The second-order valence-electron chi connectivity index (χ2n) is 6.22. The van der Waals surface area contributed by atoms with Crippen LogP contribution in [0, 0.1) is 13.8 Å². The first-order valence-corrected chi connectivity index (χ1v) is 7.77. The van der Waals surface area contributed by atoms with Gasteiger partial charge in [0.15, 0.2) is 0 Å². The summed E-state index contributed by atoms with van der Waals surface area (Å²) in [7, 11) is 0. The summed E-state index contributed by atoms with van der Waals surface area (Å²) < 4.78 is 0. The summed E-state index contributed by atoms with van der Waals surface area (Å²) in [5.41, 5.74) is 7.83. The molecule has 1 heterocycles. The van der Waals surface area contributed by atoms with Crippen molar-refractivity contribution in [2.45, 2.75) is 39.0 Å². The molecule has 21 heavy (non-hydrogen) atoms. The van der Waals surface area contributed by atoms with Crippen molar-refractivity contribution in [3.8, 4) is 0 Å². The van der Waals surface area contributed by atoms with Crippen LogP contribution >= 0.6 is 0 Å². The molecule has 0 radical (unpaired) electrons. The topological polar surface area (TPSA) is 28.7 Å². The minimum absolute atomic E-state index is 0.419. The summed E-state index contributed by atoms with van der Waals surface area (Å²) in [6.45, 7) is 4.31. The number of imidazole rings is 1. The van der Waals surface area contributed by atoms with E-state index in [0.717, 1.165) is 16.9 Å². The zero-order chi connectivity index (χ0) is 14.4. The molecule has 106 valence electrons. The smallest absolute Gasteiger partial charge is 0.114 e. The molecule has 2 heteroatoms. The van der Waals surface area contributed by atoms with E-state index in [9.17, 15) is 0 Å². The summed E-state index contributed by atoms with van der Waals surface area (Å²) in [5.74, 6) is 1.55. The number of nitrogens with one attached hydrogen (secondary N) is 1. The van der Waals surface area contributed by atoms with Gasteiger partial charge in [0, 0.05) is 5.92 Å². The predicted octanol–water partition coefficient (Wildman–Crippen LogP) is 4.65. The maximum atomic E-state index is 4.88. The fourth-order valence-corrected chi connectivity index (χ4v) is 3.49. The van der Waals surface area contributed by atoms with Crippen molar-refractivity contribution in [1.82, 2.24) is 9.97 Å². The Morgan fingerprint density at radius 2 is 1.90 bits per heavy atom. The third kappa shape index (κ3) is 2.06. The van der Waals surface area contributed by atoms with Crippen LogP contribution < -0.4 is 0 Å². The van der Waals surface area contributed by atoms with E-state index in [1.54, 1.807) is 0 Å². The molecule has 0 amide bonds. The van der Waals surface area contributed by atoms with Crippen LogP contribution in [0.4, 0.5) is 0 Å². The van der Waals surface area contributed by atoms with Gasteiger partial charge in [-0.3, -0.25) is 0 Å². The van der Waals surface area contributed by atoms with E-state index in [1.165, 1.54) is 41.5 Å². The zero-order valence-corrected chi connectivity index (χ0v) is 12.6. The Kier molecular flexibility index (Phi) is 2.85. The second kappa shape index (κ2) is 4.73. The number of aromatic nitrogens is 2. The SMILES string of the molecule is Cc1cc2nc(C3CCCc4ccccc43)[nH]c2cc1C. The van der Waals surface area contributed by atoms with Crippen molar-refractivity contribution in [3.63, 3.8) is 0 Å². The van der Waals surface area contributed by atoms with E-state index in [-0.39, 0.29) is 0 Å². The number of nitrogens with zero attached hydrogens (tertiary/aromatic N) is 1. The Morgan fingerprint density at radius 3 is 2.81 bits per heavy atom. The fraction of sp³-hybridized carbons (Fsp3) is 0.316. The number of H-pyrrole nitrogens is 1. The van der Waals surface area contributed by atoms with Gasteiger partial charge in [-0.15, -0.1) is 0 Å². The Hall–Kier alpha value is -2.09. The van der Waals surface area contributed by atoms with Gasteiger partial charge in [-0.05, 0) is 67.5 Å². The first kappa shape index (κ1) is 12.6. The van der Waals surface area contributed by atoms with Gasteiger partial charge in [-0.2, -0.15) is 0 Å². The minimum atomic E-state index is 0.419. The molecule has 0 saturated carbocycles. The lowest BCUT2D eigenvalue weighted by molar-refractivity contribution is 0.596. The largest absolute Gasteiger partial charge is 0.341 e. The van der Waals surface area contributed by atoms with Crippen LogP contribution in [0.25, 0.3) is 11.0 Å². The van der Waals surface area contributed by atoms with Gasteiger partial charge in [0.2, 0.25) is 0 Å². The first-order chi connectivity index (χ1) is 10.2. The quantitative estimate of drug-likeness (QED) is 0.688. The molecule has 1 atom stereocenters. The lowest BCUT2D eigenvalue weighted by Crippen LogP contribution is -2.12. The number of rotatable bonds is 1. The molecule has 0 aliphatic heterocycles. The molecule has 1 aromatic heterocycles. The fourth-order valence-electron chi connectivity index (χ4n) is 3.49. The van der Waals surface area contributed by atoms with E-state index >= 15 is 0 Å². The van der Waals surface area contributed by atoms with E-state index in [0.29, 0.717) is 5.92 Å². The summed E-state index contributed by atoms with van der Waals surface area (Å²) in [5, 5.41) is 0. The number of benzene rings is 2. The Bertz CT molecular complexity index is 775. The molecule has 2 nitrogen and oxygen atoms in total. The highest BCUT2D eigenvalue weighted by atomic mass is 14.9. The van der Waals surface area contributed by atoms with Crippen LogP contribution in [0.1, 0.15) is 46.8 Å². The monoisotopic (exact) mass is 276 g/mol. The normalized spacial score (nSPS) is 17.9. The molecule has 1 aliphatic carbocycles. The Labute approximate surface area is 125 Å². The molecule has 1 unspecified atom stereocenters. The van der Waals surface area contributed by atoms with Crippen molar-refractivity contribution >= 4 is 11.0 Å². The second-order valence-corrected chi connectivity index (χ2v) is 6.22. The summed E-state index contributed by atoms with van der Waals surface area (Å²) in [6.07, 6.45) is 3.64. The highest BCUT2D eigenvalue weighted by molar-refractivity contribution is 5.77. The molecular weight excluding hydrogens is 256 g/mol. The average molecular weight is 276 g/mol. The van der Waals surface area contributed by atoms with Crippen LogP contribution in [0.5, 0.6) is 0 Å². The molecule has 3 aromatic rings. The summed E-state index contributed by atoms with van der Waals surface area (Å²) in [6, 6.07) is 13.2. The van der Waals surface area contributed by atoms with Gasteiger partial charge in [0.1, 0.15) is 5.82 Å². The van der Waals surface area contributed by atoms with E-state index in [1.807, 2.05) is 0 Å². The molecule has 0 saturated heterocycles. The molecule has 1 N–H and O–H groups in total. The molecule has 4 rings (SSSR count). The molecule has 1 aliphatic rings. The van der Waals surface area contributed by atoms with Gasteiger partial charge < -0.3 is 4.98 Å². The van der Waals surface area contributed by atoms with Crippen LogP contribution in [-0.4, -0.2) is 9.97 Å². The number of aryl methyl sites for hydroxylation is 3. The standard InChI is InChI=1S/C19H20N2/c1-12-10-17-18(11-13(12)2)21-19(20-17)16-9-5-7-14-6-3-4-8-15(14)16/h3-4,6,8,10-11,16H,5,7,9H2,1-2H3,(H,20,21). The lowest BCUT2D eigenvalue weighted by atomic mass is 9.82. The van der Waals surface area contributed by atoms with Crippen molar-refractivity contribution in [1.29, 1.82) is 0 Å². The van der Waals surface area contributed by atoms with Crippen molar-refractivity contribution in [2.24, 2.45) is 0 Å². The molecule has 0 fully saturated rings. The maximum absolute atomic E-state index is 4.88. The summed E-state index contributed by atoms with van der Waals surface area (Å²) in [4.78, 5) is 8.44. The zero-order valence-electron chi connectivity index (χ0n) is 12.6. The Morgan fingerprint density at radius 1 is 1.10 bits per heavy atom.